The topological polar surface area (TPSA) is 73.3 Å². The Morgan fingerprint density at radius 3 is 2.42 bits per heavy atom. The van der Waals surface area contributed by atoms with E-state index in [4.69, 9.17) is 4.74 Å². The highest BCUT2D eigenvalue weighted by atomic mass is 19.4. The maximum Gasteiger partial charge on any atom is 0.416 e. The minimum Gasteiger partial charge on any atom is -0.478 e. The zero-order valence-corrected chi connectivity index (χ0v) is 23.8. The number of hydrogen-bond donors (Lipinski definition) is 1. The second kappa shape index (κ2) is 11.0. The summed E-state index contributed by atoms with van der Waals surface area (Å²) in [6, 6.07) is 5.69. The van der Waals surface area contributed by atoms with Crippen molar-refractivity contribution in [1.29, 1.82) is 0 Å². The molecule has 3 atom stereocenters. The third kappa shape index (κ3) is 5.59. The average Bonchev–Trinajstić information content (AvgIpc) is 3.82. The van der Waals surface area contributed by atoms with E-state index in [1.54, 1.807) is 6.07 Å². The van der Waals surface area contributed by atoms with Gasteiger partial charge in [0, 0.05) is 50.5 Å². The Morgan fingerprint density at radius 1 is 1.02 bits per heavy atom. The van der Waals surface area contributed by atoms with Crippen molar-refractivity contribution >= 4 is 17.6 Å². The zero-order valence-electron chi connectivity index (χ0n) is 23.8. The average molecular weight is 608 g/mol. The highest BCUT2D eigenvalue weighted by Gasteiger charge is 2.56. The lowest BCUT2D eigenvalue weighted by atomic mass is 9.84. The number of aromatic carboxylic acids is 1. The van der Waals surface area contributed by atoms with Gasteiger partial charge in [-0.2, -0.15) is 13.2 Å². The second-order valence-electron chi connectivity index (χ2n) is 12.2. The number of piperazine rings is 1. The van der Waals surface area contributed by atoms with Crippen LogP contribution < -0.4 is 4.90 Å². The fourth-order valence-corrected chi connectivity index (χ4v) is 7.09. The van der Waals surface area contributed by atoms with Gasteiger partial charge in [-0.25, -0.2) is 13.6 Å². The maximum atomic E-state index is 14.5. The van der Waals surface area contributed by atoms with Gasteiger partial charge in [0.2, 0.25) is 0 Å². The molecule has 232 valence electrons. The molecule has 0 unspecified atom stereocenters. The van der Waals surface area contributed by atoms with Gasteiger partial charge >= 0.3 is 12.1 Å². The lowest BCUT2D eigenvalue weighted by Gasteiger charge is -2.48. The summed E-state index contributed by atoms with van der Waals surface area (Å²) in [5.41, 5.74) is -1.37. The molecule has 2 saturated heterocycles. The molecular formula is C31H34F5N3O4. The summed E-state index contributed by atoms with van der Waals surface area (Å²) in [5, 5.41) is 9.31. The predicted molar refractivity (Wildman–Crippen MR) is 147 cm³/mol. The summed E-state index contributed by atoms with van der Waals surface area (Å²) in [7, 11) is 0. The SMILES string of the molecule is C[C@H]1CN([C@@H]2CC[C@@](C(=O)N3CCc4c(F)cc(C(F)(F)F)cc4C3)(C3CC3)OC2)CCN1c1ccc(F)c(C(=O)O)c1. The number of carbonyl (C=O) groups is 2. The van der Waals surface area contributed by atoms with E-state index in [1.165, 1.54) is 17.0 Å². The fourth-order valence-electron chi connectivity index (χ4n) is 7.09. The Kier molecular flexibility index (Phi) is 7.65. The minimum atomic E-state index is -4.68. The molecule has 4 aliphatic rings. The minimum absolute atomic E-state index is 0.0213. The Labute approximate surface area is 246 Å². The van der Waals surface area contributed by atoms with Crippen LogP contribution in [0, 0.1) is 17.6 Å². The van der Waals surface area contributed by atoms with E-state index < -0.39 is 34.9 Å². The van der Waals surface area contributed by atoms with Crippen LogP contribution in [0.4, 0.5) is 27.6 Å². The number of benzene rings is 2. The first-order valence-electron chi connectivity index (χ1n) is 14.7. The molecule has 1 aliphatic carbocycles. The molecule has 7 nitrogen and oxygen atoms in total. The fraction of sp³-hybridized carbons (Fsp3) is 0.548. The second-order valence-corrected chi connectivity index (χ2v) is 12.2. The first-order chi connectivity index (χ1) is 20.4. The van der Waals surface area contributed by atoms with Crippen LogP contribution in [0.5, 0.6) is 0 Å². The van der Waals surface area contributed by atoms with E-state index in [0.717, 1.165) is 18.9 Å². The number of carboxylic acids is 1. The Morgan fingerprint density at radius 2 is 1.79 bits per heavy atom. The van der Waals surface area contributed by atoms with Crippen molar-refractivity contribution in [2.45, 2.75) is 69.4 Å². The van der Waals surface area contributed by atoms with Crippen molar-refractivity contribution in [2.24, 2.45) is 5.92 Å². The van der Waals surface area contributed by atoms with Crippen LogP contribution in [0.3, 0.4) is 0 Å². The van der Waals surface area contributed by atoms with Crippen molar-refractivity contribution in [3.05, 3.63) is 64.2 Å². The molecule has 0 aromatic heterocycles. The summed E-state index contributed by atoms with van der Waals surface area (Å²) < 4.78 is 74.9. The first-order valence-corrected chi connectivity index (χ1v) is 14.7. The van der Waals surface area contributed by atoms with Gasteiger partial charge in [0.1, 0.15) is 17.2 Å². The highest BCUT2D eigenvalue weighted by molar-refractivity contribution is 5.89. The zero-order chi connectivity index (χ0) is 30.7. The van der Waals surface area contributed by atoms with Crippen LogP contribution in [-0.4, -0.2) is 77.3 Å². The number of carbonyl (C=O) groups excluding carboxylic acids is 1. The molecule has 12 heteroatoms. The van der Waals surface area contributed by atoms with Crippen LogP contribution in [0.25, 0.3) is 0 Å². The molecule has 0 bridgehead atoms. The van der Waals surface area contributed by atoms with Crippen LogP contribution >= 0.6 is 0 Å². The summed E-state index contributed by atoms with van der Waals surface area (Å²) in [6.45, 7) is 4.47. The quantitative estimate of drug-likeness (QED) is 0.477. The number of carboxylic acid groups (broad SMARTS) is 1. The summed E-state index contributed by atoms with van der Waals surface area (Å²) in [6.07, 6.45) is -1.62. The monoisotopic (exact) mass is 607 g/mol. The first kappa shape index (κ1) is 29.8. The third-order valence-corrected chi connectivity index (χ3v) is 9.56. The van der Waals surface area contributed by atoms with E-state index in [1.807, 2.05) is 6.92 Å². The van der Waals surface area contributed by atoms with Crippen molar-refractivity contribution in [2.75, 3.05) is 37.7 Å². The van der Waals surface area contributed by atoms with Crippen molar-refractivity contribution in [3.63, 3.8) is 0 Å². The molecule has 0 spiro atoms. The largest absolute Gasteiger partial charge is 0.478 e. The van der Waals surface area contributed by atoms with Gasteiger partial charge in [0.05, 0.1) is 17.7 Å². The number of amides is 1. The Bertz CT molecular complexity index is 1420. The Balaban J connectivity index is 1.11. The Hall–Kier alpha value is -3.25. The predicted octanol–water partition coefficient (Wildman–Crippen LogP) is 5.11. The normalized spacial score (nSPS) is 26.7. The molecule has 2 aromatic rings. The number of rotatable bonds is 5. The van der Waals surface area contributed by atoms with E-state index in [2.05, 4.69) is 9.80 Å². The number of alkyl halides is 3. The molecule has 3 heterocycles. The molecule has 6 rings (SSSR count). The van der Waals surface area contributed by atoms with E-state index in [9.17, 15) is 36.6 Å². The van der Waals surface area contributed by atoms with Gasteiger partial charge < -0.3 is 19.6 Å². The van der Waals surface area contributed by atoms with E-state index in [0.29, 0.717) is 50.8 Å². The van der Waals surface area contributed by atoms with Crippen molar-refractivity contribution < 1.29 is 41.4 Å². The highest BCUT2D eigenvalue weighted by Crippen LogP contribution is 2.48. The summed E-state index contributed by atoms with van der Waals surface area (Å²) >= 11 is 0. The standard InChI is InChI=1S/C31H34F5N3O4/c1-18-15-37(10-11-39(18)22-4-5-26(32)25(14-22)28(40)41)23-6-8-30(43-17-23,20-2-3-20)29(42)38-9-7-24-19(16-38)12-21(13-27(24)33)31(34,35)36/h4-5,12-14,18,20,23H,2-3,6-11,15-17H2,1H3,(H,40,41)/t18-,23+,30-/m0/s1. The summed E-state index contributed by atoms with van der Waals surface area (Å²) in [4.78, 5) is 31.3. The van der Waals surface area contributed by atoms with Crippen molar-refractivity contribution in [1.82, 2.24) is 9.80 Å². The van der Waals surface area contributed by atoms with Crippen LogP contribution in [0.1, 0.15) is 59.7 Å². The summed E-state index contributed by atoms with van der Waals surface area (Å²) in [5.74, 6) is -3.14. The molecule has 3 aliphatic heterocycles. The smallest absolute Gasteiger partial charge is 0.416 e. The third-order valence-electron chi connectivity index (χ3n) is 9.56. The van der Waals surface area contributed by atoms with Gasteiger partial charge in [0.25, 0.3) is 5.91 Å². The molecule has 1 saturated carbocycles. The number of ether oxygens (including phenoxy) is 1. The number of hydrogen-bond acceptors (Lipinski definition) is 5. The van der Waals surface area contributed by atoms with Gasteiger partial charge in [-0.15, -0.1) is 0 Å². The molecule has 1 N–H and O–H groups in total. The molecule has 3 fully saturated rings. The molecule has 43 heavy (non-hydrogen) atoms. The lowest BCUT2D eigenvalue weighted by Crippen LogP contribution is -2.61. The van der Waals surface area contributed by atoms with Gasteiger partial charge in [-0.1, -0.05) is 0 Å². The van der Waals surface area contributed by atoms with Gasteiger partial charge in [-0.05, 0) is 86.4 Å². The maximum absolute atomic E-state index is 14.5. The molecule has 0 radical (unpaired) electrons. The number of anilines is 1. The molecule has 2 aromatic carbocycles. The molecule has 1 amide bonds. The number of fused-ring (bicyclic) bond motifs is 1. The van der Waals surface area contributed by atoms with Gasteiger partial charge in [0.15, 0.2) is 0 Å². The molecular weight excluding hydrogens is 573 g/mol. The van der Waals surface area contributed by atoms with Crippen LogP contribution in [0.15, 0.2) is 30.3 Å². The number of nitrogens with zero attached hydrogens (tertiary/aromatic N) is 3. The van der Waals surface area contributed by atoms with Crippen LogP contribution in [-0.2, 0) is 28.7 Å². The van der Waals surface area contributed by atoms with Crippen molar-refractivity contribution in [3.8, 4) is 0 Å². The van der Waals surface area contributed by atoms with Crippen LogP contribution in [0.2, 0.25) is 0 Å². The number of halogens is 5. The lowest BCUT2D eigenvalue weighted by molar-refractivity contribution is -0.176. The van der Waals surface area contributed by atoms with E-state index >= 15 is 0 Å². The van der Waals surface area contributed by atoms with Gasteiger partial charge in [-0.3, -0.25) is 9.69 Å². The van der Waals surface area contributed by atoms with E-state index in [-0.39, 0.29) is 60.1 Å².